The van der Waals surface area contributed by atoms with E-state index < -0.39 is 6.10 Å². The molecule has 15 heavy (non-hydrogen) atoms. The first-order valence-corrected chi connectivity index (χ1v) is 5.80. The van der Waals surface area contributed by atoms with Gasteiger partial charge in [0.25, 0.3) is 0 Å². The van der Waals surface area contributed by atoms with Gasteiger partial charge in [-0.1, -0.05) is 19.1 Å². The Labute approximate surface area is 92.2 Å². The summed E-state index contributed by atoms with van der Waals surface area (Å²) in [5.74, 6) is -0.175. The van der Waals surface area contributed by atoms with Crippen molar-refractivity contribution in [1.82, 2.24) is 0 Å². The molecule has 78 valence electrons. The van der Waals surface area contributed by atoms with Gasteiger partial charge in [-0.3, -0.25) is 4.79 Å². The summed E-state index contributed by atoms with van der Waals surface area (Å²) in [6, 6.07) is 7.58. The molecule has 0 radical (unpaired) electrons. The van der Waals surface area contributed by atoms with E-state index >= 15 is 0 Å². The predicted octanol–water partition coefficient (Wildman–Crippen LogP) is 2.85. The Bertz CT molecular complexity index is 487. The summed E-state index contributed by atoms with van der Waals surface area (Å²) in [4.78, 5) is 11.8. The molecule has 2 aromatic rings. The predicted molar refractivity (Wildman–Crippen MR) is 62.5 cm³/mol. The molecule has 1 heterocycles. The second-order valence-corrected chi connectivity index (χ2v) is 4.35. The molecule has 2 nitrogen and oxygen atoms in total. The maximum atomic E-state index is 11.8. The van der Waals surface area contributed by atoms with Crippen molar-refractivity contribution in [1.29, 1.82) is 0 Å². The first-order valence-electron chi connectivity index (χ1n) is 4.92. The molecule has 0 aliphatic rings. The molecule has 0 aliphatic heterocycles. The molecule has 0 bridgehead atoms. The largest absolute Gasteiger partial charge is 0.385 e. The second kappa shape index (κ2) is 4.13. The number of hydrogen-bond acceptors (Lipinski definition) is 3. The molecule has 1 unspecified atom stereocenters. The van der Waals surface area contributed by atoms with E-state index in [0.29, 0.717) is 12.0 Å². The van der Waals surface area contributed by atoms with Crippen LogP contribution in [0.1, 0.15) is 23.7 Å². The maximum absolute atomic E-state index is 11.8. The monoisotopic (exact) mass is 220 g/mol. The molecule has 3 heteroatoms. The minimum Gasteiger partial charge on any atom is -0.385 e. The smallest absolute Gasteiger partial charge is 0.192 e. The first kappa shape index (κ1) is 10.3. The molecule has 0 amide bonds. The number of aliphatic hydroxyl groups excluding tert-OH is 1. The third-order valence-electron chi connectivity index (χ3n) is 2.43. The fourth-order valence-electron chi connectivity index (χ4n) is 1.55. The zero-order valence-electron chi connectivity index (χ0n) is 8.43. The minimum atomic E-state index is -0.877. The van der Waals surface area contributed by atoms with Crippen LogP contribution in [-0.2, 0) is 0 Å². The molecule has 1 atom stereocenters. The molecule has 1 aromatic carbocycles. The number of carbonyl (C=O) groups excluding carboxylic acids is 1. The summed E-state index contributed by atoms with van der Waals surface area (Å²) in [6.45, 7) is 1.80. The summed E-state index contributed by atoms with van der Waals surface area (Å²) in [5.41, 5.74) is 0.636. The van der Waals surface area contributed by atoms with Crippen LogP contribution < -0.4 is 0 Å². The van der Waals surface area contributed by atoms with Crippen LogP contribution in [0.5, 0.6) is 0 Å². The molecule has 2 rings (SSSR count). The second-order valence-electron chi connectivity index (χ2n) is 3.43. The Hall–Kier alpha value is -1.19. The van der Waals surface area contributed by atoms with Gasteiger partial charge < -0.3 is 5.11 Å². The quantitative estimate of drug-likeness (QED) is 0.807. The van der Waals surface area contributed by atoms with Crippen molar-refractivity contribution in [3.8, 4) is 0 Å². The van der Waals surface area contributed by atoms with Gasteiger partial charge in [-0.15, -0.1) is 11.3 Å². The zero-order chi connectivity index (χ0) is 10.8. The number of aliphatic hydroxyl groups is 1. The van der Waals surface area contributed by atoms with Gasteiger partial charge in [0.05, 0.1) is 0 Å². The van der Waals surface area contributed by atoms with Crippen LogP contribution in [0.4, 0.5) is 0 Å². The van der Waals surface area contributed by atoms with Crippen molar-refractivity contribution in [2.24, 2.45) is 0 Å². The number of rotatable bonds is 3. The molecule has 0 aliphatic carbocycles. The van der Waals surface area contributed by atoms with Gasteiger partial charge in [-0.25, -0.2) is 0 Å². The number of hydrogen-bond donors (Lipinski definition) is 1. The van der Waals surface area contributed by atoms with Crippen LogP contribution in [0.2, 0.25) is 0 Å². The summed E-state index contributed by atoms with van der Waals surface area (Å²) in [6.07, 6.45) is -0.418. The van der Waals surface area contributed by atoms with Crippen LogP contribution >= 0.6 is 11.3 Å². The highest BCUT2D eigenvalue weighted by Crippen LogP contribution is 2.25. The van der Waals surface area contributed by atoms with Gasteiger partial charge in [0, 0.05) is 10.3 Å². The zero-order valence-corrected chi connectivity index (χ0v) is 9.25. The van der Waals surface area contributed by atoms with E-state index in [4.69, 9.17) is 0 Å². The molecular weight excluding hydrogens is 208 g/mol. The van der Waals surface area contributed by atoms with Crippen LogP contribution in [0.3, 0.4) is 0 Å². The molecule has 1 aromatic heterocycles. The maximum Gasteiger partial charge on any atom is 0.192 e. The fourth-order valence-corrected chi connectivity index (χ4v) is 2.47. The van der Waals surface area contributed by atoms with E-state index in [2.05, 4.69) is 0 Å². The van der Waals surface area contributed by atoms with Crippen LogP contribution in [-0.4, -0.2) is 17.0 Å². The highest BCUT2D eigenvalue weighted by molar-refractivity contribution is 7.17. The Morgan fingerprint density at radius 2 is 2.27 bits per heavy atom. The summed E-state index contributed by atoms with van der Waals surface area (Å²) in [5, 5.41) is 12.6. The van der Waals surface area contributed by atoms with Gasteiger partial charge >= 0.3 is 0 Å². The van der Waals surface area contributed by atoms with Gasteiger partial charge in [-0.2, -0.15) is 0 Å². The van der Waals surface area contributed by atoms with E-state index in [1.807, 2.05) is 23.6 Å². The lowest BCUT2D eigenvalue weighted by atomic mass is 10.0. The van der Waals surface area contributed by atoms with Gasteiger partial charge in [0.2, 0.25) is 0 Å². The highest BCUT2D eigenvalue weighted by Gasteiger charge is 2.17. The van der Waals surface area contributed by atoms with Crippen molar-refractivity contribution < 1.29 is 9.90 Å². The average molecular weight is 220 g/mol. The molecule has 0 saturated carbocycles. The average Bonchev–Trinajstić information content (AvgIpc) is 2.74. The van der Waals surface area contributed by atoms with E-state index in [1.165, 1.54) is 11.3 Å². The topological polar surface area (TPSA) is 37.3 Å². The van der Waals surface area contributed by atoms with Gasteiger partial charge in [0.1, 0.15) is 6.10 Å². The number of carbonyl (C=O) groups is 1. The summed E-state index contributed by atoms with van der Waals surface area (Å²) >= 11 is 1.54. The molecule has 0 spiro atoms. The third-order valence-corrected chi connectivity index (χ3v) is 3.40. The van der Waals surface area contributed by atoms with E-state index in [9.17, 15) is 9.90 Å². The van der Waals surface area contributed by atoms with E-state index in [-0.39, 0.29) is 5.78 Å². The Morgan fingerprint density at radius 1 is 1.47 bits per heavy atom. The standard InChI is InChI=1S/C12H12O2S/c1-2-10(13)11(14)9-5-3-4-8-6-7-15-12(8)9/h3-7,10,13H,2H2,1H3. The summed E-state index contributed by atoms with van der Waals surface area (Å²) in [7, 11) is 0. The number of thiophene rings is 1. The van der Waals surface area contributed by atoms with Crippen LogP contribution in [0.25, 0.3) is 10.1 Å². The lowest BCUT2D eigenvalue weighted by Crippen LogP contribution is -2.19. The highest BCUT2D eigenvalue weighted by atomic mass is 32.1. The van der Waals surface area contributed by atoms with Crippen LogP contribution in [0, 0.1) is 0 Å². The first-order chi connectivity index (χ1) is 7.24. The van der Waals surface area contributed by atoms with Gasteiger partial charge in [0.15, 0.2) is 5.78 Å². The Kier molecular flexibility index (Phi) is 2.84. The van der Waals surface area contributed by atoms with Crippen molar-refractivity contribution in [3.05, 3.63) is 35.2 Å². The lowest BCUT2D eigenvalue weighted by Gasteiger charge is -2.07. The number of ketones is 1. The summed E-state index contributed by atoms with van der Waals surface area (Å²) < 4.78 is 0.968. The number of benzene rings is 1. The normalized spacial score (nSPS) is 12.9. The van der Waals surface area contributed by atoms with Crippen molar-refractivity contribution >= 4 is 27.2 Å². The van der Waals surface area contributed by atoms with Gasteiger partial charge in [-0.05, 0) is 29.3 Å². The Morgan fingerprint density at radius 3 is 3.00 bits per heavy atom. The van der Waals surface area contributed by atoms with Crippen molar-refractivity contribution in [3.63, 3.8) is 0 Å². The molecular formula is C12H12O2S. The van der Waals surface area contributed by atoms with Crippen molar-refractivity contribution in [2.75, 3.05) is 0 Å². The van der Waals surface area contributed by atoms with Crippen LogP contribution in [0.15, 0.2) is 29.6 Å². The lowest BCUT2D eigenvalue weighted by molar-refractivity contribution is 0.0743. The van der Waals surface area contributed by atoms with E-state index in [1.54, 1.807) is 13.0 Å². The molecule has 1 N–H and O–H groups in total. The van der Waals surface area contributed by atoms with E-state index in [0.717, 1.165) is 10.1 Å². The Balaban J connectivity index is 2.51. The third kappa shape index (κ3) is 1.80. The number of Topliss-reactive ketones (excluding diaryl/α,β-unsaturated/α-hetero) is 1. The van der Waals surface area contributed by atoms with Crippen molar-refractivity contribution in [2.45, 2.75) is 19.4 Å². The SMILES string of the molecule is CCC(O)C(=O)c1cccc2ccsc12. The number of fused-ring (bicyclic) bond motifs is 1. The fraction of sp³-hybridized carbons (Fsp3) is 0.250. The minimum absolute atomic E-state index is 0.175. The molecule has 0 saturated heterocycles. The molecule has 0 fully saturated rings.